The average Bonchev–Trinajstić information content (AvgIpc) is 3.00. The highest BCUT2D eigenvalue weighted by Gasteiger charge is 2.30. The zero-order chi connectivity index (χ0) is 16.9. The van der Waals surface area contributed by atoms with Gasteiger partial charge in [-0.1, -0.05) is 0 Å². The van der Waals surface area contributed by atoms with Crippen molar-refractivity contribution in [3.05, 3.63) is 16.6 Å². The summed E-state index contributed by atoms with van der Waals surface area (Å²) in [6.07, 6.45) is 5.68. The van der Waals surface area contributed by atoms with Crippen molar-refractivity contribution in [3.8, 4) is 0 Å². The fraction of sp³-hybridized carbons (Fsp3) is 0.765. The van der Waals surface area contributed by atoms with Crippen LogP contribution >= 0.6 is 11.3 Å². The summed E-state index contributed by atoms with van der Waals surface area (Å²) in [4.78, 5) is 18.5. The fourth-order valence-electron chi connectivity index (χ4n) is 2.75. The molecule has 0 radical (unpaired) electrons. The van der Waals surface area contributed by atoms with Gasteiger partial charge in [-0.25, -0.2) is 9.78 Å². The summed E-state index contributed by atoms with van der Waals surface area (Å²) < 4.78 is 11.4. The summed E-state index contributed by atoms with van der Waals surface area (Å²) >= 11 is 1.61. The molecule has 0 unspecified atom stereocenters. The molecule has 1 aliphatic heterocycles. The number of hydrogen-bond donors (Lipinski definition) is 0. The monoisotopic (exact) mass is 340 g/mol. The molecule has 2 rings (SSSR count). The van der Waals surface area contributed by atoms with Gasteiger partial charge in [0.2, 0.25) is 0 Å². The summed E-state index contributed by atoms with van der Waals surface area (Å²) in [5, 5.41) is 2.96. The molecule has 23 heavy (non-hydrogen) atoms. The van der Waals surface area contributed by atoms with Gasteiger partial charge in [0.05, 0.1) is 0 Å². The van der Waals surface area contributed by atoms with Gasteiger partial charge in [-0.3, -0.25) is 0 Å². The van der Waals surface area contributed by atoms with E-state index in [1.54, 1.807) is 17.5 Å². The van der Waals surface area contributed by atoms with E-state index in [9.17, 15) is 4.79 Å². The summed E-state index contributed by atoms with van der Waals surface area (Å²) in [6, 6.07) is 0.210. The lowest BCUT2D eigenvalue weighted by molar-refractivity contribution is -0.000262. The van der Waals surface area contributed by atoms with E-state index in [-0.39, 0.29) is 18.2 Å². The first-order valence-electron chi connectivity index (χ1n) is 8.37. The molecule has 0 aliphatic carbocycles. The van der Waals surface area contributed by atoms with Crippen molar-refractivity contribution in [2.24, 2.45) is 0 Å². The highest BCUT2D eigenvalue weighted by molar-refractivity contribution is 7.09. The van der Waals surface area contributed by atoms with Gasteiger partial charge in [0, 0.05) is 30.8 Å². The summed E-state index contributed by atoms with van der Waals surface area (Å²) in [5.41, 5.74) is -0.449. The molecule has 1 aliphatic rings. The van der Waals surface area contributed by atoms with Crippen molar-refractivity contribution in [2.75, 3.05) is 13.2 Å². The van der Waals surface area contributed by atoms with Crippen LogP contribution in [0, 0.1) is 0 Å². The molecule has 1 aromatic heterocycles. The second-order valence-electron chi connectivity index (χ2n) is 7.00. The first kappa shape index (κ1) is 18.2. The molecule has 1 fully saturated rings. The van der Waals surface area contributed by atoms with Crippen LogP contribution in [-0.4, -0.2) is 40.8 Å². The van der Waals surface area contributed by atoms with Crippen molar-refractivity contribution in [3.63, 3.8) is 0 Å². The summed E-state index contributed by atoms with van der Waals surface area (Å²) in [7, 11) is 0. The minimum atomic E-state index is -0.449. The maximum Gasteiger partial charge on any atom is 0.410 e. The smallest absolute Gasteiger partial charge is 0.410 e. The number of carbonyl (C=O) groups is 1. The van der Waals surface area contributed by atoms with Crippen LogP contribution in [0.5, 0.6) is 0 Å². The van der Waals surface area contributed by atoms with E-state index in [1.807, 2.05) is 38.0 Å². The number of hydrogen-bond acceptors (Lipinski definition) is 5. The first-order valence-corrected chi connectivity index (χ1v) is 9.25. The van der Waals surface area contributed by atoms with E-state index in [2.05, 4.69) is 4.98 Å². The molecule has 1 aromatic rings. The molecule has 0 N–H and O–H groups in total. The van der Waals surface area contributed by atoms with E-state index >= 15 is 0 Å². The van der Waals surface area contributed by atoms with Crippen LogP contribution in [0.2, 0.25) is 0 Å². The third-order valence-corrected chi connectivity index (χ3v) is 4.81. The van der Waals surface area contributed by atoms with Crippen molar-refractivity contribution >= 4 is 17.4 Å². The number of rotatable bonds is 5. The molecule has 0 bridgehead atoms. The number of aromatic nitrogens is 1. The quantitative estimate of drug-likeness (QED) is 0.797. The van der Waals surface area contributed by atoms with Gasteiger partial charge < -0.3 is 14.4 Å². The Bertz CT molecular complexity index is 485. The minimum Gasteiger partial charge on any atom is -0.444 e. The number of carbonyl (C=O) groups excluding carboxylic acids is 1. The van der Waals surface area contributed by atoms with E-state index < -0.39 is 5.60 Å². The molecule has 2 atom stereocenters. The molecule has 0 saturated carbocycles. The Labute approximate surface area is 143 Å². The van der Waals surface area contributed by atoms with Crippen LogP contribution in [0.1, 0.15) is 64.5 Å². The lowest BCUT2D eigenvalue weighted by Gasteiger charge is -2.36. The van der Waals surface area contributed by atoms with Crippen molar-refractivity contribution in [1.29, 1.82) is 0 Å². The zero-order valence-corrected chi connectivity index (χ0v) is 15.4. The molecule has 2 heterocycles. The van der Waals surface area contributed by atoms with Gasteiger partial charge in [0.25, 0.3) is 0 Å². The maximum absolute atomic E-state index is 12.4. The van der Waals surface area contributed by atoms with E-state index in [1.165, 1.54) is 0 Å². The molecule has 5 nitrogen and oxygen atoms in total. The second kappa shape index (κ2) is 8.11. The Morgan fingerprint density at radius 1 is 1.48 bits per heavy atom. The molecule has 0 spiro atoms. The Balaban J connectivity index is 1.82. The lowest BCUT2D eigenvalue weighted by atomic mass is 10.0. The average molecular weight is 340 g/mol. The van der Waals surface area contributed by atoms with Gasteiger partial charge in [-0.05, 0) is 53.4 Å². The zero-order valence-electron chi connectivity index (χ0n) is 14.6. The van der Waals surface area contributed by atoms with Crippen LogP contribution in [-0.2, 0) is 9.47 Å². The van der Waals surface area contributed by atoms with Crippen LogP contribution in [0.4, 0.5) is 4.79 Å². The minimum absolute atomic E-state index is 0.00793. The molecular weight excluding hydrogens is 312 g/mol. The van der Waals surface area contributed by atoms with Crippen molar-refractivity contribution < 1.29 is 14.3 Å². The van der Waals surface area contributed by atoms with Crippen LogP contribution in [0.25, 0.3) is 0 Å². The maximum atomic E-state index is 12.4. The van der Waals surface area contributed by atoms with E-state index in [4.69, 9.17) is 9.47 Å². The molecular formula is C17H28N2O3S. The summed E-state index contributed by atoms with van der Waals surface area (Å²) in [5.74, 6) is 0. The summed E-state index contributed by atoms with van der Waals surface area (Å²) in [6.45, 7) is 9.14. The Hall–Kier alpha value is -1.14. The van der Waals surface area contributed by atoms with E-state index in [0.717, 1.165) is 37.2 Å². The van der Waals surface area contributed by atoms with Crippen molar-refractivity contribution in [1.82, 2.24) is 9.88 Å². The van der Waals surface area contributed by atoms with Gasteiger partial charge in [0.15, 0.2) is 0 Å². The molecule has 0 aromatic carbocycles. The van der Waals surface area contributed by atoms with Crippen LogP contribution in [0.3, 0.4) is 0 Å². The standard InChI is InChI=1S/C17H28N2O3S/c1-13(15-18-9-12-23-15)21-11-8-14-7-5-6-10-19(14)16(20)22-17(2,3)4/h9,12-14H,5-8,10-11H2,1-4H3/t13-,14-/m1/s1. The predicted octanol–water partition coefficient (Wildman–Crippen LogP) is 4.40. The van der Waals surface area contributed by atoms with Gasteiger partial charge in [-0.15, -0.1) is 11.3 Å². The lowest BCUT2D eigenvalue weighted by Crippen LogP contribution is -2.46. The largest absolute Gasteiger partial charge is 0.444 e. The second-order valence-corrected chi connectivity index (χ2v) is 7.92. The van der Waals surface area contributed by atoms with Crippen molar-refractivity contribution in [2.45, 2.75) is 71.1 Å². The number of thiazole rings is 1. The van der Waals surface area contributed by atoms with Crippen LogP contribution in [0.15, 0.2) is 11.6 Å². The number of amides is 1. The Kier molecular flexibility index (Phi) is 6.41. The molecule has 1 amide bonds. The third kappa shape index (κ3) is 5.77. The highest BCUT2D eigenvalue weighted by atomic mass is 32.1. The number of likely N-dealkylation sites (tertiary alicyclic amines) is 1. The van der Waals surface area contributed by atoms with E-state index in [0.29, 0.717) is 6.61 Å². The topological polar surface area (TPSA) is 51.7 Å². The fourth-order valence-corrected chi connectivity index (χ4v) is 3.39. The first-order chi connectivity index (χ1) is 10.9. The highest BCUT2D eigenvalue weighted by Crippen LogP contribution is 2.24. The number of nitrogens with zero attached hydrogens (tertiary/aromatic N) is 2. The normalized spacial score (nSPS) is 20.3. The van der Waals surface area contributed by atoms with Gasteiger partial charge in [-0.2, -0.15) is 0 Å². The Morgan fingerprint density at radius 2 is 2.26 bits per heavy atom. The predicted molar refractivity (Wildman–Crippen MR) is 91.7 cm³/mol. The molecule has 130 valence electrons. The van der Waals surface area contributed by atoms with Crippen LogP contribution < -0.4 is 0 Å². The molecule has 6 heteroatoms. The molecule has 1 saturated heterocycles. The Morgan fingerprint density at radius 3 is 2.91 bits per heavy atom. The SMILES string of the molecule is C[C@@H](OCC[C@H]1CCCCN1C(=O)OC(C)(C)C)c1nccs1. The third-order valence-electron chi connectivity index (χ3n) is 3.87. The number of piperidine rings is 1. The van der Waals surface area contributed by atoms with Gasteiger partial charge in [0.1, 0.15) is 16.7 Å². The van der Waals surface area contributed by atoms with Gasteiger partial charge >= 0.3 is 6.09 Å². The number of ether oxygens (including phenoxy) is 2.